The topological polar surface area (TPSA) is 95.5 Å². The molecule has 0 fully saturated rings. The van der Waals surface area contributed by atoms with Gasteiger partial charge in [-0.15, -0.1) is 0 Å². The average Bonchev–Trinajstić information content (AvgIpc) is 2.65. The highest BCUT2D eigenvalue weighted by Gasteiger charge is 2.17. The Morgan fingerprint density at radius 2 is 1.52 bits per heavy atom. The number of carbonyl (C=O) groups excluding carboxylic acids is 2. The van der Waals surface area contributed by atoms with Crippen LogP contribution in [0.1, 0.15) is 90.4 Å². The Kier molecular flexibility index (Phi) is 16.4. The molecule has 0 aliphatic rings. The third-order valence-corrected chi connectivity index (χ3v) is 4.55. The Bertz CT molecular complexity index is 438. The first-order valence-corrected chi connectivity index (χ1v) is 10.4. The standard InChI is InChI=1S/C21H38N2O4/c1-3-5-6-7-8-9-10-11-12-16-20(25)22-17-14-13-15-18(21(26)27)23-19(24)4-2/h4,18H,2-3,5-17H2,1H3,(H,22,25)(H,23,24)(H,26,27). The molecule has 27 heavy (non-hydrogen) atoms. The van der Waals surface area contributed by atoms with Crippen LogP contribution < -0.4 is 10.6 Å². The quantitative estimate of drug-likeness (QED) is 0.247. The zero-order valence-electron chi connectivity index (χ0n) is 16.9. The minimum absolute atomic E-state index is 0.0627. The lowest BCUT2D eigenvalue weighted by molar-refractivity contribution is -0.141. The van der Waals surface area contributed by atoms with Crippen LogP contribution in [0, 0.1) is 0 Å². The largest absolute Gasteiger partial charge is 0.480 e. The minimum atomic E-state index is -1.06. The molecule has 6 nitrogen and oxygen atoms in total. The summed E-state index contributed by atoms with van der Waals surface area (Å²) in [5, 5.41) is 14.3. The van der Waals surface area contributed by atoms with Crippen molar-refractivity contribution in [2.75, 3.05) is 6.54 Å². The van der Waals surface area contributed by atoms with Crippen LogP contribution in [-0.2, 0) is 14.4 Å². The Hall–Kier alpha value is -1.85. The van der Waals surface area contributed by atoms with Crippen LogP contribution in [0.4, 0.5) is 0 Å². The van der Waals surface area contributed by atoms with Crippen LogP contribution in [0.2, 0.25) is 0 Å². The second kappa shape index (κ2) is 17.6. The van der Waals surface area contributed by atoms with E-state index in [2.05, 4.69) is 24.1 Å². The normalized spacial score (nSPS) is 11.6. The van der Waals surface area contributed by atoms with Crippen molar-refractivity contribution < 1.29 is 19.5 Å². The Morgan fingerprint density at radius 1 is 0.926 bits per heavy atom. The van der Waals surface area contributed by atoms with Gasteiger partial charge in [-0.05, 0) is 31.8 Å². The highest BCUT2D eigenvalue weighted by molar-refractivity contribution is 5.90. The van der Waals surface area contributed by atoms with Gasteiger partial charge in [0.05, 0.1) is 0 Å². The summed E-state index contributed by atoms with van der Waals surface area (Å²) < 4.78 is 0. The molecule has 0 rings (SSSR count). The lowest BCUT2D eigenvalue weighted by Crippen LogP contribution is -2.40. The minimum Gasteiger partial charge on any atom is -0.480 e. The van der Waals surface area contributed by atoms with Gasteiger partial charge >= 0.3 is 5.97 Å². The molecular formula is C21H38N2O4. The molecule has 0 saturated heterocycles. The summed E-state index contributed by atoms with van der Waals surface area (Å²) in [6.45, 7) is 6.07. The van der Waals surface area contributed by atoms with E-state index >= 15 is 0 Å². The smallest absolute Gasteiger partial charge is 0.326 e. The number of nitrogens with one attached hydrogen (secondary N) is 2. The van der Waals surface area contributed by atoms with Crippen LogP contribution in [0.5, 0.6) is 0 Å². The zero-order valence-corrected chi connectivity index (χ0v) is 16.9. The number of carboxylic acid groups (broad SMARTS) is 1. The highest BCUT2D eigenvalue weighted by Crippen LogP contribution is 2.10. The summed E-state index contributed by atoms with van der Waals surface area (Å²) in [4.78, 5) is 34.0. The first kappa shape index (κ1) is 25.1. The molecule has 6 heteroatoms. The highest BCUT2D eigenvalue weighted by atomic mass is 16.4. The molecule has 0 aromatic rings. The van der Waals surface area contributed by atoms with Gasteiger partial charge in [0.15, 0.2) is 0 Å². The summed E-state index contributed by atoms with van der Waals surface area (Å²) in [5.74, 6) is -1.48. The predicted octanol–water partition coefficient (Wildman–Crippen LogP) is 3.95. The van der Waals surface area contributed by atoms with E-state index in [1.165, 1.54) is 44.9 Å². The summed E-state index contributed by atoms with van der Waals surface area (Å²) in [5.41, 5.74) is 0. The fourth-order valence-corrected chi connectivity index (χ4v) is 2.87. The molecule has 0 aliphatic carbocycles. The second-order valence-electron chi connectivity index (χ2n) is 7.03. The Balaban J connectivity index is 3.56. The van der Waals surface area contributed by atoms with Gasteiger partial charge in [0.25, 0.3) is 0 Å². The monoisotopic (exact) mass is 382 g/mol. The zero-order chi connectivity index (χ0) is 20.3. The van der Waals surface area contributed by atoms with E-state index in [4.69, 9.17) is 5.11 Å². The van der Waals surface area contributed by atoms with E-state index in [1.54, 1.807) is 0 Å². The molecule has 1 unspecified atom stereocenters. The average molecular weight is 383 g/mol. The summed E-state index contributed by atoms with van der Waals surface area (Å²) in [7, 11) is 0. The van der Waals surface area contributed by atoms with Gasteiger partial charge in [-0.1, -0.05) is 64.9 Å². The fourth-order valence-electron chi connectivity index (χ4n) is 2.87. The van der Waals surface area contributed by atoms with Gasteiger partial charge in [-0.3, -0.25) is 9.59 Å². The van der Waals surface area contributed by atoms with E-state index in [9.17, 15) is 14.4 Å². The fraction of sp³-hybridized carbons (Fsp3) is 0.762. The molecule has 0 aliphatic heterocycles. The second-order valence-corrected chi connectivity index (χ2v) is 7.03. The molecule has 3 N–H and O–H groups in total. The van der Waals surface area contributed by atoms with E-state index in [-0.39, 0.29) is 5.91 Å². The van der Waals surface area contributed by atoms with Gasteiger partial charge in [-0.25, -0.2) is 4.79 Å². The molecular weight excluding hydrogens is 344 g/mol. The third-order valence-electron chi connectivity index (χ3n) is 4.55. The number of aliphatic carboxylic acids is 1. The number of hydrogen-bond acceptors (Lipinski definition) is 3. The van der Waals surface area contributed by atoms with Gasteiger partial charge < -0.3 is 15.7 Å². The summed E-state index contributed by atoms with van der Waals surface area (Å²) in [6.07, 6.45) is 14.3. The molecule has 0 saturated carbocycles. The van der Waals surface area contributed by atoms with Crippen LogP contribution in [0.15, 0.2) is 12.7 Å². The van der Waals surface area contributed by atoms with Crippen molar-refractivity contribution in [2.24, 2.45) is 0 Å². The molecule has 0 radical (unpaired) electrons. The van der Waals surface area contributed by atoms with Crippen molar-refractivity contribution >= 4 is 17.8 Å². The van der Waals surface area contributed by atoms with Crippen molar-refractivity contribution in [1.29, 1.82) is 0 Å². The van der Waals surface area contributed by atoms with Crippen molar-refractivity contribution in [3.63, 3.8) is 0 Å². The van der Waals surface area contributed by atoms with Gasteiger partial charge in [0.1, 0.15) is 6.04 Å². The Labute approximate surface area is 164 Å². The van der Waals surface area contributed by atoms with E-state index in [0.717, 1.165) is 18.9 Å². The van der Waals surface area contributed by atoms with Crippen LogP contribution >= 0.6 is 0 Å². The summed E-state index contributed by atoms with van der Waals surface area (Å²) >= 11 is 0. The van der Waals surface area contributed by atoms with Crippen molar-refractivity contribution in [3.8, 4) is 0 Å². The molecule has 0 heterocycles. The van der Waals surface area contributed by atoms with E-state index in [0.29, 0.717) is 32.2 Å². The number of carbonyl (C=O) groups is 3. The maximum atomic E-state index is 11.8. The molecule has 0 bridgehead atoms. The molecule has 0 spiro atoms. The maximum absolute atomic E-state index is 11.8. The number of unbranched alkanes of at least 4 members (excludes halogenated alkanes) is 9. The van der Waals surface area contributed by atoms with E-state index in [1.807, 2.05) is 0 Å². The molecule has 156 valence electrons. The lowest BCUT2D eigenvalue weighted by Gasteiger charge is -2.13. The number of carboxylic acids is 1. The van der Waals surface area contributed by atoms with E-state index < -0.39 is 17.9 Å². The van der Waals surface area contributed by atoms with Crippen molar-refractivity contribution in [2.45, 2.75) is 96.4 Å². The number of amides is 2. The van der Waals surface area contributed by atoms with Gasteiger partial charge in [0, 0.05) is 13.0 Å². The van der Waals surface area contributed by atoms with Crippen LogP contribution in [0.3, 0.4) is 0 Å². The van der Waals surface area contributed by atoms with Gasteiger partial charge in [-0.2, -0.15) is 0 Å². The maximum Gasteiger partial charge on any atom is 0.326 e. The van der Waals surface area contributed by atoms with Gasteiger partial charge in [0.2, 0.25) is 11.8 Å². The molecule has 0 aromatic carbocycles. The first-order valence-electron chi connectivity index (χ1n) is 10.4. The van der Waals surface area contributed by atoms with Crippen molar-refractivity contribution in [1.82, 2.24) is 10.6 Å². The Morgan fingerprint density at radius 3 is 2.07 bits per heavy atom. The van der Waals surface area contributed by atoms with Crippen LogP contribution in [0.25, 0.3) is 0 Å². The van der Waals surface area contributed by atoms with Crippen LogP contribution in [-0.4, -0.2) is 35.5 Å². The SMILES string of the molecule is C=CC(=O)NC(CCCCNC(=O)CCCCCCCCCCC)C(=O)O. The molecule has 1 atom stereocenters. The third kappa shape index (κ3) is 16.1. The summed E-state index contributed by atoms with van der Waals surface area (Å²) in [6, 6.07) is -0.909. The molecule has 0 aromatic heterocycles. The predicted molar refractivity (Wildman–Crippen MR) is 108 cm³/mol. The number of rotatable bonds is 18. The molecule has 2 amide bonds. The first-order chi connectivity index (χ1) is 13.0. The van der Waals surface area contributed by atoms with Crippen molar-refractivity contribution in [3.05, 3.63) is 12.7 Å². The lowest BCUT2D eigenvalue weighted by atomic mass is 10.1. The number of hydrogen-bond donors (Lipinski definition) is 3.